The third-order valence-corrected chi connectivity index (χ3v) is 6.31. The predicted molar refractivity (Wildman–Crippen MR) is 132 cm³/mol. The number of carbonyl (C=O) groups excluding carboxylic acids is 3. The van der Waals surface area contributed by atoms with Gasteiger partial charge >= 0.3 is 5.97 Å². The van der Waals surface area contributed by atoms with Crippen LogP contribution in [0.25, 0.3) is 0 Å². The summed E-state index contributed by atoms with van der Waals surface area (Å²) in [5.74, 6) is -3.54. The van der Waals surface area contributed by atoms with Crippen molar-refractivity contribution in [1.29, 1.82) is 0 Å². The Morgan fingerprint density at radius 2 is 1.37 bits per heavy atom. The lowest BCUT2D eigenvalue weighted by molar-refractivity contribution is -0.145. The molecule has 35 heavy (non-hydrogen) atoms. The Balaban J connectivity index is 3.16. The van der Waals surface area contributed by atoms with Crippen LogP contribution in [-0.2, 0) is 25.6 Å². The Bertz CT molecular complexity index is 848. The largest absolute Gasteiger partial charge is 0.480 e. The monoisotopic (exact) mass is 492 g/mol. The summed E-state index contributed by atoms with van der Waals surface area (Å²) in [6, 6.07) is 4.49. The summed E-state index contributed by atoms with van der Waals surface area (Å²) in [6.45, 7) is 8.70. The van der Waals surface area contributed by atoms with E-state index in [-0.39, 0.29) is 18.3 Å². The summed E-state index contributed by atoms with van der Waals surface area (Å²) in [5, 5.41) is 26.8. The maximum atomic E-state index is 13.3. The van der Waals surface area contributed by atoms with Gasteiger partial charge in [0, 0.05) is 6.42 Å². The lowest BCUT2D eigenvalue weighted by atomic mass is 9.95. The first-order chi connectivity index (χ1) is 16.4. The topological polar surface area (TPSA) is 171 Å². The molecule has 0 aliphatic carbocycles. The quantitative estimate of drug-likeness (QED) is 0.220. The minimum atomic E-state index is -1.55. The maximum absolute atomic E-state index is 13.3. The Morgan fingerprint density at radius 3 is 1.86 bits per heavy atom. The van der Waals surface area contributed by atoms with E-state index in [1.807, 2.05) is 20.8 Å². The second-order valence-corrected chi connectivity index (χ2v) is 9.10. The minimum absolute atomic E-state index is 0.0815. The SMILES string of the molecule is CCC(C)C(N)C(=O)NC(C(=O)NC(Cc1ccccc1)C(=O)NC(C(=O)O)C(C)O)C(C)CC. The van der Waals surface area contributed by atoms with Crippen LogP contribution in [0, 0.1) is 11.8 Å². The lowest BCUT2D eigenvalue weighted by Crippen LogP contribution is -2.60. The van der Waals surface area contributed by atoms with Crippen LogP contribution >= 0.6 is 0 Å². The molecular weight excluding hydrogens is 452 g/mol. The van der Waals surface area contributed by atoms with Crippen molar-refractivity contribution in [1.82, 2.24) is 16.0 Å². The highest BCUT2D eigenvalue weighted by Gasteiger charge is 2.34. The average molecular weight is 493 g/mol. The second-order valence-electron chi connectivity index (χ2n) is 9.10. The first kappa shape index (κ1) is 30.1. The molecule has 1 rings (SSSR count). The van der Waals surface area contributed by atoms with Crippen LogP contribution in [0.3, 0.4) is 0 Å². The van der Waals surface area contributed by atoms with Gasteiger partial charge in [0.05, 0.1) is 12.1 Å². The number of hydrogen-bond donors (Lipinski definition) is 6. The lowest BCUT2D eigenvalue weighted by Gasteiger charge is -2.29. The first-order valence-corrected chi connectivity index (χ1v) is 12.0. The van der Waals surface area contributed by atoms with E-state index in [4.69, 9.17) is 5.73 Å². The standard InChI is InChI=1S/C25H40N4O6/c1-6-14(3)19(26)23(32)28-20(15(4)7-2)24(33)27-18(13-17-11-9-8-10-12-17)22(31)29-21(16(5)30)25(34)35/h8-12,14-16,18-21,30H,6-7,13,26H2,1-5H3,(H,27,33)(H,28,32)(H,29,31)(H,34,35). The molecule has 0 saturated carbocycles. The zero-order valence-electron chi connectivity index (χ0n) is 21.2. The van der Waals surface area contributed by atoms with Gasteiger partial charge in [-0.15, -0.1) is 0 Å². The summed E-state index contributed by atoms with van der Waals surface area (Å²) in [7, 11) is 0. The van der Waals surface area contributed by atoms with Gasteiger partial charge in [-0.25, -0.2) is 4.79 Å². The van der Waals surface area contributed by atoms with Crippen molar-refractivity contribution in [3.63, 3.8) is 0 Å². The van der Waals surface area contributed by atoms with Crippen LogP contribution in [0.5, 0.6) is 0 Å². The van der Waals surface area contributed by atoms with E-state index < -0.39 is 54.0 Å². The first-order valence-electron chi connectivity index (χ1n) is 12.0. The average Bonchev–Trinajstić information content (AvgIpc) is 2.83. The van der Waals surface area contributed by atoms with E-state index >= 15 is 0 Å². The number of aliphatic carboxylic acids is 1. The molecule has 10 nitrogen and oxygen atoms in total. The molecule has 7 atom stereocenters. The van der Waals surface area contributed by atoms with Crippen LogP contribution < -0.4 is 21.7 Å². The minimum Gasteiger partial charge on any atom is -0.480 e. The van der Waals surface area contributed by atoms with Crippen molar-refractivity contribution in [2.45, 2.75) is 84.2 Å². The molecule has 0 heterocycles. The van der Waals surface area contributed by atoms with E-state index in [1.54, 1.807) is 37.3 Å². The van der Waals surface area contributed by atoms with E-state index in [9.17, 15) is 29.4 Å². The fourth-order valence-electron chi connectivity index (χ4n) is 3.43. The van der Waals surface area contributed by atoms with Gasteiger partial charge in [-0.1, -0.05) is 70.9 Å². The molecule has 0 aliphatic rings. The summed E-state index contributed by atoms with van der Waals surface area (Å²) >= 11 is 0. The van der Waals surface area contributed by atoms with Crippen molar-refractivity contribution in [3.05, 3.63) is 35.9 Å². The van der Waals surface area contributed by atoms with Gasteiger partial charge in [-0.05, 0) is 24.3 Å². The van der Waals surface area contributed by atoms with Gasteiger partial charge in [0.25, 0.3) is 0 Å². The molecule has 0 aliphatic heterocycles. The number of benzene rings is 1. The number of rotatable bonds is 14. The number of nitrogens with two attached hydrogens (primary N) is 1. The van der Waals surface area contributed by atoms with Gasteiger partial charge in [-0.2, -0.15) is 0 Å². The number of carboxylic acids is 1. The van der Waals surface area contributed by atoms with Gasteiger partial charge < -0.3 is 31.9 Å². The zero-order chi connectivity index (χ0) is 26.7. The Kier molecular flexibility index (Phi) is 12.4. The highest BCUT2D eigenvalue weighted by Crippen LogP contribution is 2.12. The summed E-state index contributed by atoms with van der Waals surface area (Å²) in [6.07, 6.45) is 0.00858. The van der Waals surface area contributed by atoms with Crippen molar-refractivity contribution < 1.29 is 29.4 Å². The molecular formula is C25H40N4O6. The number of aliphatic hydroxyl groups is 1. The highest BCUT2D eigenvalue weighted by molar-refractivity contribution is 5.94. The molecule has 0 aromatic heterocycles. The summed E-state index contributed by atoms with van der Waals surface area (Å²) in [5.41, 5.74) is 6.77. The van der Waals surface area contributed by atoms with E-state index in [2.05, 4.69) is 16.0 Å². The molecule has 0 saturated heterocycles. The fourth-order valence-corrected chi connectivity index (χ4v) is 3.43. The van der Waals surface area contributed by atoms with Gasteiger partial charge in [0.1, 0.15) is 12.1 Å². The third-order valence-electron chi connectivity index (χ3n) is 6.31. The Hall–Kier alpha value is -2.98. The van der Waals surface area contributed by atoms with Gasteiger partial charge in [0.2, 0.25) is 17.7 Å². The maximum Gasteiger partial charge on any atom is 0.328 e. The smallest absolute Gasteiger partial charge is 0.328 e. The Morgan fingerprint density at radius 1 is 0.829 bits per heavy atom. The van der Waals surface area contributed by atoms with E-state index in [0.29, 0.717) is 12.8 Å². The van der Waals surface area contributed by atoms with Crippen LogP contribution in [-0.4, -0.2) is 64.2 Å². The van der Waals surface area contributed by atoms with Gasteiger partial charge in [-0.3, -0.25) is 14.4 Å². The number of amides is 3. The molecule has 0 spiro atoms. The zero-order valence-corrected chi connectivity index (χ0v) is 21.2. The number of nitrogens with one attached hydrogen (secondary N) is 3. The van der Waals surface area contributed by atoms with Crippen molar-refractivity contribution in [3.8, 4) is 0 Å². The summed E-state index contributed by atoms with van der Waals surface area (Å²) < 4.78 is 0. The molecule has 0 radical (unpaired) electrons. The molecule has 196 valence electrons. The van der Waals surface area contributed by atoms with E-state index in [0.717, 1.165) is 5.56 Å². The van der Waals surface area contributed by atoms with Crippen molar-refractivity contribution >= 4 is 23.7 Å². The fraction of sp³-hybridized carbons (Fsp3) is 0.600. The van der Waals surface area contributed by atoms with Crippen molar-refractivity contribution in [2.24, 2.45) is 17.6 Å². The predicted octanol–water partition coefficient (Wildman–Crippen LogP) is 0.568. The third kappa shape index (κ3) is 9.29. The number of carboxylic acid groups (broad SMARTS) is 1. The second kappa shape index (κ2) is 14.4. The molecule has 0 fully saturated rings. The van der Waals surface area contributed by atoms with Crippen molar-refractivity contribution in [2.75, 3.05) is 0 Å². The normalized spacial score (nSPS) is 17.1. The molecule has 3 amide bonds. The number of carbonyl (C=O) groups is 4. The molecule has 1 aromatic rings. The van der Waals surface area contributed by atoms with E-state index in [1.165, 1.54) is 6.92 Å². The highest BCUT2D eigenvalue weighted by atomic mass is 16.4. The number of hydrogen-bond acceptors (Lipinski definition) is 6. The van der Waals surface area contributed by atoms with Crippen LogP contribution in [0.15, 0.2) is 30.3 Å². The molecule has 0 bridgehead atoms. The Labute approximate surface area is 207 Å². The molecule has 7 unspecified atom stereocenters. The molecule has 1 aromatic carbocycles. The van der Waals surface area contributed by atoms with Crippen LogP contribution in [0.2, 0.25) is 0 Å². The van der Waals surface area contributed by atoms with Crippen LogP contribution in [0.1, 0.15) is 53.0 Å². The molecule has 10 heteroatoms. The summed E-state index contributed by atoms with van der Waals surface area (Å²) in [4.78, 5) is 50.5. The van der Waals surface area contributed by atoms with Gasteiger partial charge in [0.15, 0.2) is 6.04 Å². The number of aliphatic hydroxyl groups excluding tert-OH is 1. The molecule has 7 N–H and O–H groups in total. The van der Waals surface area contributed by atoms with Crippen LogP contribution in [0.4, 0.5) is 0 Å².